The van der Waals surface area contributed by atoms with Crippen LogP contribution >= 0.6 is 0 Å². The average Bonchev–Trinajstić information content (AvgIpc) is 2.61. The van der Waals surface area contributed by atoms with E-state index in [-0.39, 0.29) is 11.7 Å². The number of carbonyl (C=O) groups is 1. The molecule has 0 bridgehead atoms. The molecule has 0 N–H and O–H groups in total. The van der Waals surface area contributed by atoms with E-state index in [1.807, 2.05) is 0 Å². The zero-order valence-electron chi connectivity index (χ0n) is 12.6. The van der Waals surface area contributed by atoms with E-state index >= 15 is 0 Å². The number of halogens is 3. The monoisotopic (exact) mass is 337 g/mol. The summed E-state index contributed by atoms with van der Waals surface area (Å²) < 4.78 is 38.2. The molecule has 3 rings (SSSR count). The molecule has 6 nitrogen and oxygen atoms in total. The molecule has 1 amide bonds. The summed E-state index contributed by atoms with van der Waals surface area (Å²) in [6, 6.07) is 4.30. The van der Waals surface area contributed by atoms with Crippen LogP contribution in [0.5, 0.6) is 0 Å². The predicted octanol–water partition coefficient (Wildman–Crippen LogP) is 1.85. The number of pyridine rings is 1. The van der Waals surface area contributed by atoms with Crippen molar-refractivity contribution in [3.63, 3.8) is 0 Å². The lowest BCUT2D eigenvalue weighted by Crippen LogP contribution is -2.49. The van der Waals surface area contributed by atoms with E-state index in [9.17, 15) is 18.0 Å². The van der Waals surface area contributed by atoms with Crippen LogP contribution in [0.1, 0.15) is 16.1 Å². The van der Waals surface area contributed by atoms with Gasteiger partial charge in [-0.3, -0.25) is 9.78 Å². The molecule has 126 valence electrons. The lowest BCUT2D eigenvalue weighted by atomic mass is 10.2. The van der Waals surface area contributed by atoms with Crippen LogP contribution in [0.2, 0.25) is 0 Å². The van der Waals surface area contributed by atoms with Gasteiger partial charge in [0.1, 0.15) is 17.8 Å². The van der Waals surface area contributed by atoms with Gasteiger partial charge in [0.25, 0.3) is 5.91 Å². The molecule has 1 aliphatic heterocycles. The first kappa shape index (κ1) is 16.2. The molecule has 2 aromatic rings. The van der Waals surface area contributed by atoms with E-state index in [4.69, 9.17) is 0 Å². The third-order valence-corrected chi connectivity index (χ3v) is 3.74. The van der Waals surface area contributed by atoms with Gasteiger partial charge in [-0.2, -0.15) is 13.2 Å². The van der Waals surface area contributed by atoms with Crippen LogP contribution < -0.4 is 4.90 Å². The van der Waals surface area contributed by atoms with Crippen molar-refractivity contribution in [1.82, 2.24) is 19.9 Å². The number of hydrogen-bond acceptors (Lipinski definition) is 5. The summed E-state index contributed by atoms with van der Waals surface area (Å²) >= 11 is 0. The Balaban J connectivity index is 1.66. The van der Waals surface area contributed by atoms with E-state index in [1.54, 1.807) is 28.1 Å². The molecule has 0 aromatic carbocycles. The number of alkyl halides is 3. The Bertz CT molecular complexity index is 715. The van der Waals surface area contributed by atoms with Gasteiger partial charge in [-0.15, -0.1) is 0 Å². The molecule has 0 spiro atoms. The number of carbonyl (C=O) groups excluding carboxylic acids is 1. The van der Waals surface area contributed by atoms with Crippen LogP contribution in [-0.2, 0) is 6.18 Å². The Kier molecular flexibility index (Phi) is 4.32. The van der Waals surface area contributed by atoms with Crippen molar-refractivity contribution in [2.24, 2.45) is 0 Å². The number of aromatic nitrogens is 3. The van der Waals surface area contributed by atoms with Gasteiger partial charge in [-0.05, 0) is 12.1 Å². The SMILES string of the molecule is O=C(c1cccnc1)N1CCN(c2cc(C(F)(F)F)ncn2)CC1. The molecule has 0 saturated carbocycles. The molecule has 9 heteroatoms. The molecule has 0 unspecified atom stereocenters. The van der Waals surface area contributed by atoms with Crippen LogP contribution in [0.3, 0.4) is 0 Å². The minimum atomic E-state index is -4.50. The van der Waals surface area contributed by atoms with E-state index in [0.717, 1.165) is 12.4 Å². The largest absolute Gasteiger partial charge is 0.433 e. The van der Waals surface area contributed by atoms with Crippen molar-refractivity contribution >= 4 is 11.7 Å². The van der Waals surface area contributed by atoms with E-state index in [1.165, 1.54) is 6.20 Å². The van der Waals surface area contributed by atoms with Crippen molar-refractivity contribution < 1.29 is 18.0 Å². The number of hydrogen-bond donors (Lipinski definition) is 0. The molecule has 24 heavy (non-hydrogen) atoms. The van der Waals surface area contributed by atoms with Gasteiger partial charge in [0, 0.05) is 44.6 Å². The molecule has 1 saturated heterocycles. The number of piperazine rings is 1. The molecule has 0 aliphatic carbocycles. The van der Waals surface area contributed by atoms with Gasteiger partial charge in [0.05, 0.1) is 5.56 Å². The summed E-state index contributed by atoms with van der Waals surface area (Å²) in [7, 11) is 0. The molecule has 0 atom stereocenters. The topological polar surface area (TPSA) is 62.2 Å². The zero-order chi connectivity index (χ0) is 17.2. The summed E-state index contributed by atoms with van der Waals surface area (Å²) in [5.74, 6) is 0.0761. The van der Waals surface area contributed by atoms with Crippen LogP contribution in [0, 0.1) is 0 Å². The smallest absolute Gasteiger partial charge is 0.353 e. The van der Waals surface area contributed by atoms with Crippen molar-refractivity contribution in [2.75, 3.05) is 31.1 Å². The van der Waals surface area contributed by atoms with Crippen molar-refractivity contribution in [3.8, 4) is 0 Å². The fourth-order valence-electron chi connectivity index (χ4n) is 2.49. The summed E-state index contributed by atoms with van der Waals surface area (Å²) in [5.41, 5.74) is -0.478. The zero-order valence-corrected chi connectivity index (χ0v) is 12.6. The Labute approximate surface area is 136 Å². The lowest BCUT2D eigenvalue weighted by molar-refractivity contribution is -0.141. The van der Waals surface area contributed by atoms with E-state index in [0.29, 0.717) is 31.7 Å². The fraction of sp³-hybridized carbons (Fsp3) is 0.333. The molecule has 1 aliphatic rings. The fourth-order valence-corrected chi connectivity index (χ4v) is 2.49. The second-order valence-electron chi connectivity index (χ2n) is 5.28. The highest BCUT2D eigenvalue weighted by Gasteiger charge is 2.33. The van der Waals surface area contributed by atoms with Gasteiger partial charge in [-0.25, -0.2) is 9.97 Å². The molecule has 0 radical (unpaired) electrons. The quantitative estimate of drug-likeness (QED) is 0.837. The third-order valence-electron chi connectivity index (χ3n) is 3.74. The van der Waals surface area contributed by atoms with Crippen LogP contribution in [0.4, 0.5) is 19.0 Å². The van der Waals surface area contributed by atoms with Crippen molar-refractivity contribution in [3.05, 3.63) is 48.2 Å². The van der Waals surface area contributed by atoms with E-state index in [2.05, 4.69) is 15.0 Å². The Hall–Kier alpha value is -2.71. The Morgan fingerprint density at radius 3 is 2.50 bits per heavy atom. The summed E-state index contributed by atoms with van der Waals surface area (Å²) in [5, 5.41) is 0. The molecule has 3 heterocycles. The second-order valence-corrected chi connectivity index (χ2v) is 5.28. The van der Waals surface area contributed by atoms with Crippen LogP contribution in [0.25, 0.3) is 0 Å². The highest BCUT2D eigenvalue weighted by molar-refractivity contribution is 5.94. The predicted molar refractivity (Wildman–Crippen MR) is 79.4 cm³/mol. The maximum absolute atomic E-state index is 12.7. The minimum absolute atomic E-state index is 0.138. The Morgan fingerprint density at radius 2 is 1.88 bits per heavy atom. The first-order valence-electron chi connectivity index (χ1n) is 7.28. The molecular weight excluding hydrogens is 323 g/mol. The summed E-state index contributed by atoms with van der Waals surface area (Å²) in [6.45, 7) is 1.61. The number of amides is 1. The van der Waals surface area contributed by atoms with Gasteiger partial charge in [-0.1, -0.05) is 0 Å². The van der Waals surface area contributed by atoms with Crippen molar-refractivity contribution in [2.45, 2.75) is 6.18 Å². The van der Waals surface area contributed by atoms with Gasteiger partial charge < -0.3 is 9.80 Å². The third kappa shape index (κ3) is 3.44. The molecule has 1 fully saturated rings. The maximum atomic E-state index is 12.7. The first-order valence-corrected chi connectivity index (χ1v) is 7.28. The normalized spacial score (nSPS) is 15.5. The number of anilines is 1. The van der Waals surface area contributed by atoms with Gasteiger partial charge in [0.2, 0.25) is 0 Å². The van der Waals surface area contributed by atoms with Crippen molar-refractivity contribution in [1.29, 1.82) is 0 Å². The van der Waals surface area contributed by atoms with Crippen LogP contribution in [0.15, 0.2) is 36.9 Å². The molecular formula is C15H14F3N5O. The highest BCUT2D eigenvalue weighted by Crippen LogP contribution is 2.29. The first-order chi connectivity index (χ1) is 11.4. The number of rotatable bonds is 2. The minimum Gasteiger partial charge on any atom is -0.353 e. The average molecular weight is 337 g/mol. The Morgan fingerprint density at radius 1 is 1.12 bits per heavy atom. The van der Waals surface area contributed by atoms with Gasteiger partial charge >= 0.3 is 6.18 Å². The summed E-state index contributed by atoms with van der Waals surface area (Å²) in [6.07, 6.45) is -0.516. The van der Waals surface area contributed by atoms with Gasteiger partial charge in [0.15, 0.2) is 0 Å². The number of nitrogens with zero attached hydrogens (tertiary/aromatic N) is 5. The van der Waals surface area contributed by atoms with E-state index < -0.39 is 11.9 Å². The highest BCUT2D eigenvalue weighted by atomic mass is 19.4. The lowest BCUT2D eigenvalue weighted by Gasteiger charge is -2.35. The second kappa shape index (κ2) is 6.42. The summed E-state index contributed by atoms with van der Waals surface area (Å²) in [4.78, 5) is 26.8. The maximum Gasteiger partial charge on any atom is 0.433 e. The molecule has 2 aromatic heterocycles. The van der Waals surface area contributed by atoms with Crippen LogP contribution in [-0.4, -0.2) is 51.9 Å². The standard InChI is InChI=1S/C15H14F3N5O/c16-15(17,18)12-8-13(21-10-20-12)22-4-6-23(7-5-22)14(24)11-2-1-3-19-9-11/h1-3,8-10H,4-7H2.